The zero-order valence-electron chi connectivity index (χ0n) is 16.2. The van der Waals surface area contributed by atoms with Gasteiger partial charge in [0.2, 0.25) is 5.88 Å². The molecule has 0 saturated carbocycles. The second-order valence-corrected chi connectivity index (χ2v) is 6.63. The Balaban J connectivity index is 1.47. The van der Waals surface area contributed by atoms with Crippen LogP contribution in [0, 0.1) is 12.7 Å². The summed E-state index contributed by atoms with van der Waals surface area (Å²) in [4.78, 5) is 16.8. The molecule has 0 saturated heterocycles. The number of nitrogens with one attached hydrogen (secondary N) is 1. The van der Waals surface area contributed by atoms with Gasteiger partial charge in [-0.05, 0) is 43.3 Å². The summed E-state index contributed by atoms with van der Waals surface area (Å²) >= 11 is 0. The highest BCUT2D eigenvalue weighted by Gasteiger charge is 2.14. The third-order valence-corrected chi connectivity index (χ3v) is 4.42. The molecule has 1 amide bonds. The number of pyridine rings is 1. The molecule has 0 unspecified atom stereocenters. The number of benzene rings is 2. The van der Waals surface area contributed by atoms with E-state index in [4.69, 9.17) is 4.74 Å². The van der Waals surface area contributed by atoms with Gasteiger partial charge >= 0.3 is 0 Å². The maximum Gasteiger partial charge on any atom is 0.272 e. The third-order valence-electron chi connectivity index (χ3n) is 4.42. The van der Waals surface area contributed by atoms with E-state index >= 15 is 0 Å². The van der Waals surface area contributed by atoms with Gasteiger partial charge < -0.3 is 10.1 Å². The van der Waals surface area contributed by atoms with E-state index < -0.39 is 5.82 Å². The molecule has 1 N–H and O–H groups in total. The Labute approximate surface area is 173 Å². The molecule has 0 aliphatic carbocycles. The summed E-state index contributed by atoms with van der Waals surface area (Å²) < 4.78 is 20.8. The van der Waals surface area contributed by atoms with Crippen LogP contribution >= 0.6 is 0 Å². The summed E-state index contributed by atoms with van der Waals surface area (Å²) in [7, 11) is 0. The molecule has 4 aromatic rings. The van der Waals surface area contributed by atoms with Gasteiger partial charge in [-0.15, -0.1) is 0 Å². The van der Waals surface area contributed by atoms with Crippen LogP contribution in [0.25, 0.3) is 5.69 Å². The number of amides is 1. The Kier molecular flexibility index (Phi) is 5.52. The lowest BCUT2D eigenvalue weighted by Crippen LogP contribution is -2.23. The summed E-state index contributed by atoms with van der Waals surface area (Å²) in [5.74, 6) is -0.0797. The third kappa shape index (κ3) is 4.35. The molecule has 4 rings (SSSR count). The van der Waals surface area contributed by atoms with E-state index in [0.717, 1.165) is 11.4 Å². The second-order valence-electron chi connectivity index (χ2n) is 6.63. The number of halogens is 1. The molecule has 0 radical (unpaired) electrons. The summed E-state index contributed by atoms with van der Waals surface area (Å²) in [6, 6.07) is 20.7. The van der Waals surface area contributed by atoms with Gasteiger partial charge in [0.25, 0.3) is 5.91 Å². The van der Waals surface area contributed by atoms with Crippen LogP contribution in [0.5, 0.6) is 11.6 Å². The van der Waals surface area contributed by atoms with E-state index in [0.29, 0.717) is 22.9 Å². The molecule has 0 aliphatic rings. The molecule has 0 spiro atoms. The predicted octanol–water partition coefficient (Wildman–Crippen LogP) is 4.44. The fourth-order valence-corrected chi connectivity index (χ4v) is 2.97. The minimum Gasteiger partial charge on any atom is -0.439 e. The SMILES string of the molecule is Cc1cc(C(=O)NCc2cccnc2Oc2cccc(F)c2)nn1-c1ccccc1. The molecule has 2 heterocycles. The van der Waals surface area contributed by atoms with E-state index in [1.807, 2.05) is 37.3 Å². The van der Waals surface area contributed by atoms with Crippen molar-refractivity contribution in [3.63, 3.8) is 0 Å². The summed E-state index contributed by atoms with van der Waals surface area (Å²) in [5.41, 5.74) is 2.71. The minimum atomic E-state index is -0.400. The van der Waals surface area contributed by atoms with Gasteiger partial charge in [0, 0.05) is 30.1 Å². The summed E-state index contributed by atoms with van der Waals surface area (Å²) in [6.45, 7) is 2.08. The Morgan fingerprint density at radius 2 is 1.90 bits per heavy atom. The average Bonchev–Trinajstić information content (AvgIpc) is 3.15. The molecule has 0 bridgehead atoms. The van der Waals surface area contributed by atoms with Crippen LogP contribution in [0.15, 0.2) is 79.0 Å². The van der Waals surface area contributed by atoms with E-state index in [1.54, 1.807) is 41.2 Å². The number of nitrogens with zero attached hydrogens (tertiary/aromatic N) is 3. The van der Waals surface area contributed by atoms with Gasteiger partial charge in [0.1, 0.15) is 11.6 Å². The molecular weight excluding hydrogens is 383 g/mol. The average molecular weight is 402 g/mol. The maximum atomic E-state index is 13.4. The molecule has 2 aromatic heterocycles. The molecule has 0 fully saturated rings. The number of carbonyl (C=O) groups is 1. The number of rotatable bonds is 6. The lowest BCUT2D eigenvalue weighted by Gasteiger charge is -2.10. The topological polar surface area (TPSA) is 69.0 Å². The van der Waals surface area contributed by atoms with Crippen molar-refractivity contribution in [3.8, 4) is 17.3 Å². The number of para-hydroxylation sites is 1. The van der Waals surface area contributed by atoms with E-state index in [-0.39, 0.29) is 12.5 Å². The zero-order chi connectivity index (χ0) is 20.9. The number of aromatic nitrogens is 3. The Morgan fingerprint density at radius 3 is 2.70 bits per heavy atom. The smallest absolute Gasteiger partial charge is 0.272 e. The Bertz CT molecular complexity index is 1170. The highest BCUT2D eigenvalue weighted by Crippen LogP contribution is 2.23. The van der Waals surface area contributed by atoms with Crippen molar-refractivity contribution < 1.29 is 13.9 Å². The number of ether oxygens (including phenoxy) is 1. The van der Waals surface area contributed by atoms with Crippen molar-refractivity contribution in [1.29, 1.82) is 0 Å². The molecule has 30 heavy (non-hydrogen) atoms. The van der Waals surface area contributed by atoms with Crippen LogP contribution in [-0.2, 0) is 6.54 Å². The fourth-order valence-electron chi connectivity index (χ4n) is 2.97. The Morgan fingerprint density at radius 1 is 1.07 bits per heavy atom. The standard InChI is InChI=1S/C23H19FN4O2/c1-16-13-21(27-28(16)19-9-3-2-4-10-19)22(29)26-15-17-7-6-12-25-23(17)30-20-11-5-8-18(24)14-20/h2-14H,15H2,1H3,(H,26,29). The van der Waals surface area contributed by atoms with Gasteiger partial charge in [-0.2, -0.15) is 5.10 Å². The van der Waals surface area contributed by atoms with E-state index in [1.165, 1.54) is 12.1 Å². The number of carbonyl (C=O) groups excluding carboxylic acids is 1. The van der Waals surface area contributed by atoms with Gasteiger partial charge in [0.15, 0.2) is 5.69 Å². The van der Waals surface area contributed by atoms with Crippen LogP contribution in [0.3, 0.4) is 0 Å². The Hall–Kier alpha value is -4.00. The normalized spacial score (nSPS) is 10.6. The first-order valence-electron chi connectivity index (χ1n) is 9.38. The fraction of sp³-hybridized carbons (Fsp3) is 0.0870. The second kappa shape index (κ2) is 8.57. The zero-order valence-corrected chi connectivity index (χ0v) is 16.2. The van der Waals surface area contributed by atoms with Gasteiger partial charge in [-0.25, -0.2) is 14.1 Å². The van der Waals surface area contributed by atoms with E-state index in [2.05, 4.69) is 15.4 Å². The molecule has 150 valence electrons. The lowest BCUT2D eigenvalue weighted by atomic mass is 10.2. The monoisotopic (exact) mass is 402 g/mol. The lowest BCUT2D eigenvalue weighted by molar-refractivity contribution is 0.0945. The van der Waals surface area contributed by atoms with Crippen LogP contribution < -0.4 is 10.1 Å². The summed E-state index contributed by atoms with van der Waals surface area (Å²) in [6.07, 6.45) is 1.57. The van der Waals surface area contributed by atoms with Crippen molar-refractivity contribution in [2.45, 2.75) is 13.5 Å². The van der Waals surface area contributed by atoms with E-state index in [9.17, 15) is 9.18 Å². The minimum absolute atomic E-state index is 0.189. The predicted molar refractivity (Wildman–Crippen MR) is 110 cm³/mol. The van der Waals surface area contributed by atoms with Crippen molar-refractivity contribution in [3.05, 3.63) is 102 Å². The van der Waals surface area contributed by atoms with Crippen molar-refractivity contribution >= 4 is 5.91 Å². The first-order chi connectivity index (χ1) is 14.6. The molecule has 6 nitrogen and oxygen atoms in total. The molecular formula is C23H19FN4O2. The molecule has 0 aliphatic heterocycles. The molecule has 7 heteroatoms. The van der Waals surface area contributed by atoms with Crippen molar-refractivity contribution in [1.82, 2.24) is 20.1 Å². The summed E-state index contributed by atoms with van der Waals surface area (Å²) in [5, 5.41) is 7.24. The molecule has 0 atom stereocenters. The van der Waals surface area contributed by atoms with Crippen LogP contribution in [0.4, 0.5) is 4.39 Å². The highest BCUT2D eigenvalue weighted by molar-refractivity contribution is 5.92. The number of hydrogen-bond acceptors (Lipinski definition) is 4. The maximum absolute atomic E-state index is 13.4. The first kappa shape index (κ1) is 19.3. The van der Waals surface area contributed by atoms with Crippen molar-refractivity contribution in [2.24, 2.45) is 0 Å². The first-order valence-corrected chi connectivity index (χ1v) is 9.38. The quantitative estimate of drug-likeness (QED) is 0.518. The van der Waals surface area contributed by atoms with Crippen molar-refractivity contribution in [2.75, 3.05) is 0 Å². The number of aryl methyl sites for hydroxylation is 1. The van der Waals surface area contributed by atoms with Crippen LogP contribution in [0.2, 0.25) is 0 Å². The van der Waals surface area contributed by atoms with Crippen LogP contribution in [0.1, 0.15) is 21.7 Å². The van der Waals surface area contributed by atoms with Crippen LogP contribution in [-0.4, -0.2) is 20.7 Å². The largest absolute Gasteiger partial charge is 0.439 e. The van der Waals surface area contributed by atoms with Gasteiger partial charge in [-0.3, -0.25) is 4.79 Å². The van der Waals surface area contributed by atoms with Gasteiger partial charge in [-0.1, -0.05) is 30.3 Å². The van der Waals surface area contributed by atoms with Gasteiger partial charge in [0.05, 0.1) is 5.69 Å². The number of hydrogen-bond donors (Lipinski definition) is 1. The molecule has 2 aromatic carbocycles. The highest BCUT2D eigenvalue weighted by atomic mass is 19.1.